The first kappa shape index (κ1) is 10.8. The molecule has 0 spiro atoms. The standard InChI is InChI=1S/C14H16N2/c1-11(10-15-2)9-13-6-3-5-12-7-4-8-16-14(12)13/h3-9,15H,10H2,1-2H3. The van der Waals surface area contributed by atoms with Crippen molar-refractivity contribution in [1.29, 1.82) is 0 Å². The number of nitrogens with one attached hydrogen (secondary N) is 1. The largest absolute Gasteiger partial charge is 0.316 e. The SMILES string of the molecule is CNCC(C)=Cc1cccc2cccnc12. The van der Waals surface area contributed by atoms with Crippen LogP contribution in [0.25, 0.3) is 17.0 Å². The number of pyridine rings is 1. The van der Waals surface area contributed by atoms with Gasteiger partial charge in [0.1, 0.15) is 0 Å². The minimum Gasteiger partial charge on any atom is -0.316 e. The normalized spacial score (nSPS) is 12.0. The molecule has 0 aliphatic rings. The van der Waals surface area contributed by atoms with E-state index in [0.29, 0.717) is 0 Å². The summed E-state index contributed by atoms with van der Waals surface area (Å²) in [4.78, 5) is 4.43. The lowest BCUT2D eigenvalue weighted by atomic mass is 10.1. The summed E-state index contributed by atoms with van der Waals surface area (Å²) < 4.78 is 0. The molecule has 1 N–H and O–H groups in total. The Morgan fingerprint density at radius 2 is 2.12 bits per heavy atom. The highest BCUT2D eigenvalue weighted by atomic mass is 14.8. The molecule has 16 heavy (non-hydrogen) atoms. The molecule has 0 fully saturated rings. The Hall–Kier alpha value is -1.67. The summed E-state index contributed by atoms with van der Waals surface area (Å²) in [5.41, 5.74) is 3.56. The number of rotatable bonds is 3. The lowest BCUT2D eigenvalue weighted by Gasteiger charge is -2.03. The molecule has 1 aromatic heterocycles. The van der Waals surface area contributed by atoms with Gasteiger partial charge in [0.05, 0.1) is 5.52 Å². The maximum absolute atomic E-state index is 4.43. The summed E-state index contributed by atoms with van der Waals surface area (Å²) in [6, 6.07) is 10.3. The molecular weight excluding hydrogens is 196 g/mol. The maximum atomic E-state index is 4.43. The van der Waals surface area contributed by atoms with E-state index in [9.17, 15) is 0 Å². The van der Waals surface area contributed by atoms with Crippen LogP contribution in [0.15, 0.2) is 42.1 Å². The van der Waals surface area contributed by atoms with E-state index in [4.69, 9.17) is 0 Å². The Kier molecular flexibility index (Phi) is 3.32. The second kappa shape index (κ2) is 4.90. The first-order chi connectivity index (χ1) is 7.81. The lowest BCUT2D eigenvalue weighted by molar-refractivity contribution is 0.885. The number of fused-ring (bicyclic) bond motifs is 1. The molecule has 0 saturated carbocycles. The first-order valence-electron chi connectivity index (χ1n) is 5.47. The van der Waals surface area contributed by atoms with Gasteiger partial charge >= 0.3 is 0 Å². The molecule has 0 saturated heterocycles. The fourth-order valence-electron chi connectivity index (χ4n) is 1.84. The minimum absolute atomic E-state index is 0.906. The second-order valence-corrected chi connectivity index (χ2v) is 3.94. The topological polar surface area (TPSA) is 24.9 Å². The van der Waals surface area contributed by atoms with Gasteiger partial charge in [-0.1, -0.05) is 35.9 Å². The molecule has 82 valence electrons. The summed E-state index contributed by atoms with van der Waals surface area (Å²) in [6.45, 7) is 3.03. The summed E-state index contributed by atoms with van der Waals surface area (Å²) in [5, 5.41) is 4.34. The maximum Gasteiger partial charge on any atom is 0.0774 e. The molecule has 2 aromatic rings. The zero-order valence-electron chi connectivity index (χ0n) is 9.70. The van der Waals surface area contributed by atoms with E-state index in [2.05, 4.69) is 47.6 Å². The van der Waals surface area contributed by atoms with Gasteiger partial charge in [0.25, 0.3) is 0 Å². The molecule has 0 aliphatic carbocycles. The zero-order valence-corrected chi connectivity index (χ0v) is 9.70. The van der Waals surface area contributed by atoms with Gasteiger partial charge < -0.3 is 5.32 Å². The fraction of sp³-hybridized carbons (Fsp3) is 0.214. The molecule has 2 nitrogen and oxygen atoms in total. The van der Waals surface area contributed by atoms with E-state index >= 15 is 0 Å². The van der Waals surface area contributed by atoms with E-state index in [1.54, 1.807) is 0 Å². The van der Waals surface area contributed by atoms with E-state index in [1.807, 2.05) is 19.3 Å². The van der Waals surface area contributed by atoms with E-state index in [-0.39, 0.29) is 0 Å². The smallest absolute Gasteiger partial charge is 0.0774 e. The summed E-state index contributed by atoms with van der Waals surface area (Å²) in [6.07, 6.45) is 4.03. The van der Waals surface area contributed by atoms with Crippen molar-refractivity contribution >= 4 is 17.0 Å². The van der Waals surface area contributed by atoms with Crippen molar-refractivity contribution in [2.45, 2.75) is 6.92 Å². The predicted octanol–water partition coefficient (Wildman–Crippen LogP) is 2.86. The Morgan fingerprint density at radius 3 is 2.94 bits per heavy atom. The number of hydrogen-bond donors (Lipinski definition) is 1. The van der Waals surface area contributed by atoms with Gasteiger partial charge in [-0.2, -0.15) is 0 Å². The van der Waals surface area contributed by atoms with Crippen molar-refractivity contribution in [2.75, 3.05) is 13.6 Å². The molecule has 0 bridgehead atoms. The van der Waals surface area contributed by atoms with E-state index in [0.717, 1.165) is 12.1 Å². The zero-order chi connectivity index (χ0) is 11.4. The third kappa shape index (κ3) is 2.28. The Morgan fingerprint density at radius 1 is 1.31 bits per heavy atom. The average Bonchev–Trinajstić information content (AvgIpc) is 2.30. The highest BCUT2D eigenvalue weighted by Crippen LogP contribution is 2.18. The summed E-state index contributed by atoms with van der Waals surface area (Å²) in [7, 11) is 1.96. The molecule has 0 amide bonds. The molecule has 2 heteroatoms. The number of benzene rings is 1. The quantitative estimate of drug-likeness (QED) is 0.846. The van der Waals surface area contributed by atoms with Crippen molar-refractivity contribution in [3.8, 4) is 0 Å². The van der Waals surface area contributed by atoms with Crippen LogP contribution in [-0.4, -0.2) is 18.6 Å². The van der Waals surface area contributed by atoms with Crippen molar-refractivity contribution < 1.29 is 0 Å². The van der Waals surface area contributed by atoms with Crippen LogP contribution in [0.3, 0.4) is 0 Å². The van der Waals surface area contributed by atoms with Crippen molar-refractivity contribution in [3.05, 3.63) is 47.7 Å². The number of nitrogens with zero attached hydrogens (tertiary/aromatic N) is 1. The Balaban J connectivity index is 2.48. The van der Waals surface area contributed by atoms with Crippen LogP contribution in [-0.2, 0) is 0 Å². The Bertz CT molecular complexity index is 510. The summed E-state index contributed by atoms with van der Waals surface area (Å²) in [5.74, 6) is 0. The van der Waals surface area contributed by atoms with E-state index in [1.165, 1.54) is 16.5 Å². The van der Waals surface area contributed by atoms with Crippen LogP contribution in [0, 0.1) is 0 Å². The molecule has 0 aliphatic heterocycles. The van der Waals surface area contributed by atoms with Crippen molar-refractivity contribution in [2.24, 2.45) is 0 Å². The van der Waals surface area contributed by atoms with Crippen LogP contribution in [0.2, 0.25) is 0 Å². The minimum atomic E-state index is 0.906. The third-order valence-electron chi connectivity index (χ3n) is 2.52. The predicted molar refractivity (Wildman–Crippen MR) is 69.3 cm³/mol. The molecule has 2 rings (SSSR count). The molecule has 0 radical (unpaired) electrons. The van der Waals surface area contributed by atoms with Gasteiger partial charge in [-0.15, -0.1) is 0 Å². The first-order valence-corrected chi connectivity index (χ1v) is 5.47. The van der Waals surface area contributed by atoms with Gasteiger partial charge in [-0.25, -0.2) is 0 Å². The number of aromatic nitrogens is 1. The number of likely N-dealkylation sites (N-methyl/N-ethyl adjacent to an activating group) is 1. The van der Waals surface area contributed by atoms with Crippen LogP contribution in [0.5, 0.6) is 0 Å². The second-order valence-electron chi connectivity index (χ2n) is 3.94. The van der Waals surface area contributed by atoms with E-state index < -0.39 is 0 Å². The van der Waals surface area contributed by atoms with Gasteiger partial charge in [0, 0.05) is 23.7 Å². The Labute approximate surface area is 96.0 Å². The highest BCUT2D eigenvalue weighted by Gasteiger charge is 1.98. The van der Waals surface area contributed by atoms with Gasteiger partial charge in [0.15, 0.2) is 0 Å². The van der Waals surface area contributed by atoms with Gasteiger partial charge in [-0.05, 0) is 20.0 Å². The van der Waals surface area contributed by atoms with Crippen molar-refractivity contribution in [1.82, 2.24) is 10.3 Å². The highest BCUT2D eigenvalue weighted by molar-refractivity contribution is 5.87. The number of hydrogen-bond acceptors (Lipinski definition) is 2. The van der Waals surface area contributed by atoms with Crippen LogP contribution >= 0.6 is 0 Å². The molecule has 0 atom stereocenters. The number of para-hydroxylation sites is 1. The van der Waals surface area contributed by atoms with Crippen LogP contribution in [0.1, 0.15) is 12.5 Å². The van der Waals surface area contributed by atoms with Gasteiger partial charge in [-0.3, -0.25) is 4.98 Å². The molecule has 1 heterocycles. The van der Waals surface area contributed by atoms with Gasteiger partial charge in [0.2, 0.25) is 0 Å². The fourth-order valence-corrected chi connectivity index (χ4v) is 1.84. The van der Waals surface area contributed by atoms with Crippen LogP contribution < -0.4 is 5.32 Å². The monoisotopic (exact) mass is 212 g/mol. The molecule has 0 unspecified atom stereocenters. The molecule has 1 aromatic carbocycles. The lowest BCUT2D eigenvalue weighted by Crippen LogP contribution is -2.08. The third-order valence-corrected chi connectivity index (χ3v) is 2.52. The van der Waals surface area contributed by atoms with Crippen LogP contribution in [0.4, 0.5) is 0 Å². The average molecular weight is 212 g/mol. The summed E-state index contributed by atoms with van der Waals surface area (Å²) >= 11 is 0. The molecular formula is C14H16N2. The van der Waals surface area contributed by atoms with Crippen molar-refractivity contribution in [3.63, 3.8) is 0 Å².